The number of quaternary nitrogens is 1. The Bertz CT molecular complexity index is 1140. The first-order chi connectivity index (χ1) is 17.7. The summed E-state index contributed by atoms with van der Waals surface area (Å²) in [5.41, 5.74) is 2.84. The van der Waals surface area contributed by atoms with Crippen molar-refractivity contribution in [2.24, 2.45) is 5.92 Å². The van der Waals surface area contributed by atoms with Gasteiger partial charge in [-0.15, -0.1) is 5.10 Å². The highest BCUT2D eigenvalue weighted by Gasteiger charge is 2.54. The van der Waals surface area contributed by atoms with Crippen molar-refractivity contribution in [2.75, 3.05) is 19.6 Å². The van der Waals surface area contributed by atoms with Crippen molar-refractivity contribution < 1.29 is 26.4 Å². The summed E-state index contributed by atoms with van der Waals surface area (Å²) in [4.78, 5) is 14.1. The molecule has 37 heavy (non-hydrogen) atoms. The quantitative estimate of drug-likeness (QED) is 0.308. The molecule has 7 rings (SSSR count). The molecular formula is C30H37ClN4O2. The molecule has 1 saturated carbocycles. The second kappa shape index (κ2) is 11.0. The van der Waals surface area contributed by atoms with Crippen LogP contribution in [0, 0.1) is 5.92 Å². The molecule has 0 radical (unpaired) electrons. The van der Waals surface area contributed by atoms with Crippen LogP contribution in [0.5, 0.6) is 0 Å². The first-order valence-corrected chi connectivity index (χ1v) is 13.7. The van der Waals surface area contributed by atoms with Crippen LogP contribution in [0.25, 0.3) is 0 Å². The number of hydrogen-bond donors (Lipinski definition) is 1. The van der Waals surface area contributed by atoms with E-state index in [2.05, 4.69) is 70.0 Å². The Balaban J connectivity index is 0.00000280. The molecule has 1 N–H and O–H groups in total. The Morgan fingerprint density at radius 2 is 1.59 bits per heavy atom. The average Bonchev–Trinajstić information content (AvgIpc) is 3.33. The zero-order valence-electron chi connectivity index (χ0n) is 21.4. The number of piperidine rings is 3. The SMILES string of the molecule is O=C(OC1C[N+]2(C(c3ccccc3)c3c[nH]nn3)CCC1CC2)C1(c2ccccc2)CCCCCC1.[Cl-]. The number of carbonyl (C=O) groups excluding carboxylic acids is 1. The number of esters is 1. The molecule has 196 valence electrons. The fourth-order valence-electron chi connectivity index (χ4n) is 7.36. The van der Waals surface area contributed by atoms with Crippen LogP contribution >= 0.6 is 0 Å². The topological polar surface area (TPSA) is 67.9 Å². The second-order valence-corrected chi connectivity index (χ2v) is 11.2. The summed E-state index contributed by atoms with van der Waals surface area (Å²) in [7, 11) is 0. The molecule has 3 saturated heterocycles. The molecule has 3 aromatic rings. The number of rotatable bonds is 6. The summed E-state index contributed by atoms with van der Waals surface area (Å²) in [6.07, 6.45) is 10.4. The number of hydrogen-bond acceptors (Lipinski definition) is 4. The van der Waals surface area contributed by atoms with Crippen LogP contribution in [0.3, 0.4) is 0 Å². The van der Waals surface area contributed by atoms with E-state index in [1.807, 2.05) is 12.3 Å². The van der Waals surface area contributed by atoms with Crippen molar-refractivity contribution in [2.45, 2.75) is 68.9 Å². The summed E-state index contributed by atoms with van der Waals surface area (Å²) < 4.78 is 7.49. The summed E-state index contributed by atoms with van der Waals surface area (Å²) in [6, 6.07) is 21.2. The van der Waals surface area contributed by atoms with Gasteiger partial charge in [-0.2, -0.15) is 0 Å². The van der Waals surface area contributed by atoms with Crippen LogP contribution in [0.1, 0.15) is 74.2 Å². The maximum atomic E-state index is 14.1. The minimum atomic E-state index is -0.514. The van der Waals surface area contributed by atoms with Gasteiger partial charge in [0.1, 0.15) is 12.2 Å². The Morgan fingerprint density at radius 3 is 2.22 bits per heavy atom. The van der Waals surface area contributed by atoms with E-state index in [1.165, 1.54) is 18.4 Å². The van der Waals surface area contributed by atoms with Crippen LogP contribution < -0.4 is 12.4 Å². The predicted octanol–water partition coefficient (Wildman–Crippen LogP) is 2.34. The largest absolute Gasteiger partial charge is 1.00 e. The van der Waals surface area contributed by atoms with Crippen molar-refractivity contribution in [3.05, 3.63) is 83.7 Å². The van der Waals surface area contributed by atoms with Gasteiger partial charge >= 0.3 is 5.97 Å². The number of nitrogens with zero attached hydrogens (tertiary/aromatic N) is 3. The van der Waals surface area contributed by atoms with Crippen molar-refractivity contribution in [3.8, 4) is 0 Å². The number of aromatic amines is 1. The maximum absolute atomic E-state index is 14.1. The number of benzene rings is 2. The predicted molar refractivity (Wildman–Crippen MR) is 138 cm³/mol. The number of H-pyrrole nitrogens is 1. The Morgan fingerprint density at radius 1 is 0.946 bits per heavy atom. The Kier molecular flexibility index (Phi) is 7.68. The average molecular weight is 521 g/mol. The van der Waals surface area contributed by atoms with E-state index in [0.717, 1.165) is 73.9 Å². The van der Waals surface area contributed by atoms with Crippen LogP contribution in [0.15, 0.2) is 66.9 Å². The van der Waals surface area contributed by atoms with E-state index >= 15 is 0 Å². The standard InChI is InChI=1S/C30H37N4O2.ClH/c35-29(30(17-9-1-2-10-18-30)25-13-7-4-8-14-25)36-27-22-34(19-15-23(27)16-20-34)28(26-21-31-33-32-26)24-11-5-3-6-12-24;/h3-8,11-14,21,23,27-28H,1-2,9-10,15-20,22H2,(H,31,32,33);1H/q+1;/p-1. The van der Waals surface area contributed by atoms with Gasteiger partial charge in [0.15, 0.2) is 12.1 Å². The van der Waals surface area contributed by atoms with Gasteiger partial charge in [-0.05, 0) is 18.4 Å². The van der Waals surface area contributed by atoms with Crippen molar-refractivity contribution in [1.82, 2.24) is 15.4 Å². The third kappa shape index (κ3) is 4.82. The number of aromatic nitrogens is 3. The molecule has 2 unspecified atom stereocenters. The lowest BCUT2D eigenvalue weighted by molar-refractivity contribution is -0.968. The van der Waals surface area contributed by atoms with Crippen LogP contribution in [0.4, 0.5) is 0 Å². The Labute approximate surface area is 225 Å². The molecule has 2 atom stereocenters. The molecule has 1 aliphatic carbocycles. The highest BCUT2D eigenvalue weighted by molar-refractivity contribution is 5.83. The molecule has 3 aliphatic heterocycles. The molecule has 1 aromatic heterocycles. The Hall–Kier alpha value is -2.70. The molecule has 0 amide bonds. The summed E-state index contributed by atoms with van der Waals surface area (Å²) >= 11 is 0. The number of fused-ring (bicyclic) bond motifs is 3. The first kappa shape index (κ1) is 25.9. The molecule has 0 spiro atoms. The van der Waals surface area contributed by atoms with Gasteiger partial charge in [0.25, 0.3) is 0 Å². The van der Waals surface area contributed by atoms with Gasteiger partial charge in [0.05, 0.1) is 24.7 Å². The zero-order valence-corrected chi connectivity index (χ0v) is 22.2. The molecule has 4 aliphatic rings. The second-order valence-electron chi connectivity index (χ2n) is 11.2. The van der Waals surface area contributed by atoms with Crippen LogP contribution in [0.2, 0.25) is 0 Å². The normalized spacial score (nSPS) is 27.5. The number of ether oxygens (including phenoxy) is 1. The van der Waals surface area contributed by atoms with Gasteiger partial charge in [0, 0.05) is 24.3 Å². The minimum absolute atomic E-state index is 0. The molecule has 4 heterocycles. The molecule has 7 heteroatoms. The third-order valence-corrected chi connectivity index (χ3v) is 9.27. The lowest BCUT2D eigenvalue weighted by Crippen LogP contribution is -3.00. The number of carbonyl (C=O) groups is 1. The van der Waals surface area contributed by atoms with Crippen LogP contribution in [-0.2, 0) is 14.9 Å². The van der Waals surface area contributed by atoms with Crippen LogP contribution in [-0.4, -0.2) is 51.6 Å². The lowest BCUT2D eigenvalue weighted by Gasteiger charge is -2.55. The van der Waals surface area contributed by atoms with E-state index in [-0.39, 0.29) is 30.5 Å². The van der Waals surface area contributed by atoms with E-state index in [0.29, 0.717) is 5.92 Å². The molecule has 2 bridgehead atoms. The highest BCUT2D eigenvalue weighted by Crippen LogP contribution is 2.46. The molecule has 6 nitrogen and oxygen atoms in total. The van der Waals surface area contributed by atoms with E-state index < -0.39 is 5.41 Å². The lowest BCUT2D eigenvalue weighted by atomic mass is 9.74. The van der Waals surface area contributed by atoms with Crippen molar-refractivity contribution >= 4 is 5.97 Å². The van der Waals surface area contributed by atoms with E-state index in [9.17, 15) is 4.79 Å². The summed E-state index contributed by atoms with van der Waals surface area (Å²) in [5, 5.41) is 11.5. The molecule has 2 aromatic carbocycles. The van der Waals surface area contributed by atoms with Gasteiger partial charge < -0.3 is 21.6 Å². The number of nitrogens with one attached hydrogen (secondary N) is 1. The van der Waals surface area contributed by atoms with E-state index in [1.54, 1.807) is 0 Å². The minimum Gasteiger partial charge on any atom is -1.00 e. The maximum Gasteiger partial charge on any atom is 0.317 e. The summed E-state index contributed by atoms with van der Waals surface area (Å²) in [6.45, 7) is 3.00. The van der Waals surface area contributed by atoms with Crippen molar-refractivity contribution in [1.29, 1.82) is 0 Å². The highest BCUT2D eigenvalue weighted by atomic mass is 35.5. The number of halogens is 1. The van der Waals surface area contributed by atoms with E-state index in [4.69, 9.17) is 4.74 Å². The zero-order chi connectivity index (χ0) is 24.4. The van der Waals surface area contributed by atoms with Crippen molar-refractivity contribution in [3.63, 3.8) is 0 Å². The monoisotopic (exact) mass is 520 g/mol. The fraction of sp³-hybridized carbons (Fsp3) is 0.500. The van der Waals surface area contributed by atoms with Gasteiger partial charge in [-0.25, -0.2) is 0 Å². The van der Waals surface area contributed by atoms with Gasteiger partial charge in [-0.1, -0.05) is 91.6 Å². The molecule has 4 fully saturated rings. The first-order valence-electron chi connectivity index (χ1n) is 13.7. The fourth-order valence-corrected chi connectivity index (χ4v) is 7.36. The summed E-state index contributed by atoms with van der Waals surface area (Å²) in [5.74, 6) is 0.450. The van der Waals surface area contributed by atoms with Gasteiger partial charge in [0.2, 0.25) is 0 Å². The molecular weight excluding hydrogens is 484 g/mol. The van der Waals surface area contributed by atoms with Gasteiger partial charge in [-0.3, -0.25) is 9.89 Å². The third-order valence-electron chi connectivity index (χ3n) is 9.27. The smallest absolute Gasteiger partial charge is 0.317 e.